The van der Waals surface area contributed by atoms with Gasteiger partial charge in [-0.3, -0.25) is 0 Å². The van der Waals surface area contributed by atoms with E-state index in [-0.39, 0.29) is 37.8 Å². The minimum atomic E-state index is -0.720. The number of nitrogens with one attached hydrogen (secondary N) is 2. The van der Waals surface area contributed by atoms with Gasteiger partial charge in [-0.05, 0) is 35.0 Å². The monoisotopic (exact) mass is 442 g/mol. The number of carbonyl (C=O) groups excluding carboxylic acids is 4. The third kappa shape index (κ3) is 8.19. The Balaban J connectivity index is 1.87. The van der Waals surface area contributed by atoms with Crippen LogP contribution < -0.4 is 20.1 Å². The molecule has 0 aliphatic heterocycles. The van der Waals surface area contributed by atoms with Gasteiger partial charge in [0.1, 0.15) is 24.7 Å². The second-order valence-electron chi connectivity index (χ2n) is 6.05. The molecule has 0 aliphatic rings. The number of esters is 2. The first kappa shape index (κ1) is 23.9. The zero-order chi connectivity index (χ0) is 23.3. The van der Waals surface area contributed by atoms with Gasteiger partial charge in [0.15, 0.2) is 0 Å². The lowest BCUT2D eigenvalue weighted by atomic mass is 10.1. The largest absolute Gasteiger partial charge is 0.461 e. The molecule has 32 heavy (non-hydrogen) atoms. The zero-order valence-corrected chi connectivity index (χ0v) is 17.1. The van der Waals surface area contributed by atoms with Crippen LogP contribution in [0.15, 0.2) is 61.7 Å². The van der Waals surface area contributed by atoms with Crippen LogP contribution in [-0.2, 0) is 19.1 Å². The molecule has 0 spiro atoms. The first-order valence-corrected chi connectivity index (χ1v) is 9.45. The summed E-state index contributed by atoms with van der Waals surface area (Å²) in [6, 6.07) is 9.90. The highest BCUT2D eigenvalue weighted by Gasteiger charge is 2.08. The van der Waals surface area contributed by atoms with Gasteiger partial charge in [-0.25, -0.2) is 19.2 Å². The maximum atomic E-state index is 11.9. The third-order valence-corrected chi connectivity index (χ3v) is 3.77. The summed E-state index contributed by atoms with van der Waals surface area (Å²) >= 11 is 0. The maximum absolute atomic E-state index is 11.9. The Hall–Kier alpha value is -4.34. The summed E-state index contributed by atoms with van der Waals surface area (Å²) in [6.07, 6.45) is 0.609. The Morgan fingerprint density at radius 2 is 1.16 bits per heavy atom. The van der Waals surface area contributed by atoms with Crippen LogP contribution in [-0.4, -0.2) is 50.4 Å². The lowest BCUT2D eigenvalue weighted by Gasteiger charge is -2.09. The number of amides is 2. The summed E-state index contributed by atoms with van der Waals surface area (Å²) in [7, 11) is 0. The topological polar surface area (TPSA) is 129 Å². The molecule has 0 atom stereocenters. The van der Waals surface area contributed by atoms with Gasteiger partial charge in [0.25, 0.3) is 0 Å². The lowest BCUT2D eigenvalue weighted by Crippen LogP contribution is -2.30. The van der Waals surface area contributed by atoms with E-state index in [1.807, 2.05) is 0 Å². The standard InChI is InChI=1S/C22H22N2O8/c1-3-19(25)29-11-9-23-21(27)31-17-7-5-15-6-8-18(14-16(15)13-17)32-22(28)24-10-12-30-20(26)4-2/h3-8,13-14H,1-2,9-12H2,(H,23,27)(H,24,28). The average Bonchev–Trinajstić information content (AvgIpc) is 2.78. The Labute approximate surface area is 183 Å². The molecule has 2 N–H and O–H groups in total. The van der Waals surface area contributed by atoms with Gasteiger partial charge in [0.05, 0.1) is 13.1 Å². The summed E-state index contributed by atoms with van der Waals surface area (Å²) < 4.78 is 19.9. The number of ether oxygens (including phenoxy) is 4. The molecular weight excluding hydrogens is 420 g/mol. The van der Waals surface area contributed by atoms with Gasteiger partial charge in [-0.2, -0.15) is 0 Å². The van der Waals surface area contributed by atoms with Crippen molar-refractivity contribution in [2.45, 2.75) is 0 Å². The van der Waals surface area contributed by atoms with Crippen molar-refractivity contribution in [2.75, 3.05) is 26.3 Å². The molecular formula is C22H22N2O8. The van der Waals surface area contributed by atoms with Gasteiger partial charge < -0.3 is 29.6 Å². The van der Waals surface area contributed by atoms with Crippen molar-refractivity contribution in [3.63, 3.8) is 0 Å². The van der Waals surface area contributed by atoms with Crippen molar-refractivity contribution < 1.29 is 38.1 Å². The van der Waals surface area contributed by atoms with Gasteiger partial charge >= 0.3 is 24.1 Å². The molecule has 0 saturated heterocycles. The summed E-state index contributed by atoms with van der Waals surface area (Å²) in [5.41, 5.74) is 0. The highest BCUT2D eigenvalue weighted by Crippen LogP contribution is 2.25. The fourth-order valence-corrected chi connectivity index (χ4v) is 2.34. The number of hydrogen-bond acceptors (Lipinski definition) is 8. The molecule has 0 radical (unpaired) electrons. The Morgan fingerprint density at radius 3 is 1.56 bits per heavy atom. The van der Waals surface area contributed by atoms with Crippen molar-refractivity contribution in [1.29, 1.82) is 0 Å². The minimum absolute atomic E-state index is 0.0167. The van der Waals surface area contributed by atoms with Gasteiger partial charge in [0.2, 0.25) is 0 Å². The van der Waals surface area contributed by atoms with Crippen LogP contribution in [0.5, 0.6) is 11.5 Å². The van der Waals surface area contributed by atoms with E-state index in [2.05, 4.69) is 23.8 Å². The van der Waals surface area contributed by atoms with Crippen LogP contribution in [0, 0.1) is 0 Å². The molecule has 0 fully saturated rings. The molecule has 0 unspecified atom stereocenters. The van der Waals surface area contributed by atoms with Crippen molar-refractivity contribution in [3.05, 3.63) is 61.7 Å². The van der Waals surface area contributed by atoms with Crippen LogP contribution >= 0.6 is 0 Å². The number of hydrogen-bond donors (Lipinski definition) is 2. The highest BCUT2D eigenvalue weighted by atomic mass is 16.6. The number of carbonyl (C=O) groups is 4. The van der Waals surface area contributed by atoms with Crippen LogP contribution in [0.1, 0.15) is 0 Å². The second kappa shape index (κ2) is 12.4. The highest BCUT2D eigenvalue weighted by molar-refractivity contribution is 5.87. The molecule has 0 aliphatic carbocycles. The van der Waals surface area contributed by atoms with E-state index in [1.165, 1.54) is 0 Å². The zero-order valence-electron chi connectivity index (χ0n) is 17.1. The van der Waals surface area contributed by atoms with E-state index in [0.717, 1.165) is 17.5 Å². The van der Waals surface area contributed by atoms with Crippen molar-refractivity contribution in [2.24, 2.45) is 0 Å². The fraction of sp³-hybridized carbons (Fsp3) is 0.182. The minimum Gasteiger partial charge on any atom is -0.461 e. The van der Waals surface area contributed by atoms with E-state index >= 15 is 0 Å². The van der Waals surface area contributed by atoms with Gasteiger partial charge in [0, 0.05) is 12.2 Å². The number of benzene rings is 2. The predicted octanol–water partition coefficient (Wildman–Crippen LogP) is 2.48. The molecule has 2 aromatic carbocycles. The van der Waals surface area contributed by atoms with E-state index in [1.54, 1.807) is 36.4 Å². The SMILES string of the molecule is C=CC(=O)OCCNC(=O)Oc1ccc2ccc(OC(=O)NCCOC(=O)C=C)cc2c1. The van der Waals surface area contributed by atoms with Crippen LogP contribution in [0.25, 0.3) is 10.8 Å². The summed E-state index contributed by atoms with van der Waals surface area (Å²) in [5.74, 6) is -0.637. The van der Waals surface area contributed by atoms with Crippen LogP contribution in [0.3, 0.4) is 0 Å². The molecule has 168 valence electrons. The Bertz CT molecular complexity index is 941. The molecule has 10 heteroatoms. The normalized spacial score (nSPS) is 9.88. The molecule has 0 aromatic heterocycles. The van der Waals surface area contributed by atoms with Gasteiger partial charge in [-0.15, -0.1) is 0 Å². The molecule has 10 nitrogen and oxygen atoms in total. The number of rotatable bonds is 10. The maximum Gasteiger partial charge on any atom is 0.412 e. The Morgan fingerprint density at radius 1 is 0.719 bits per heavy atom. The van der Waals surface area contributed by atoms with E-state index in [9.17, 15) is 19.2 Å². The molecule has 0 saturated carbocycles. The predicted molar refractivity (Wildman–Crippen MR) is 114 cm³/mol. The smallest absolute Gasteiger partial charge is 0.412 e. The summed E-state index contributed by atoms with van der Waals surface area (Å²) in [4.78, 5) is 45.6. The second-order valence-corrected chi connectivity index (χ2v) is 6.05. The quantitative estimate of drug-likeness (QED) is 0.326. The van der Waals surface area contributed by atoms with E-state index < -0.39 is 24.1 Å². The first-order valence-electron chi connectivity index (χ1n) is 9.45. The van der Waals surface area contributed by atoms with Gasteiger partial charge in [-0.1, -0.05) is 25.3 Å². The third-order valence-electron chi connectivity index (χ3n) is 3.77. The number of fused-ring (bicyclic) bond motifs is 1. The fourth-order valence-electron chi connectivity index (χ4n) is 2.34. The van der Waals surface area contributed by atoms with Crippen molar-refractivity contribution in [3.8, 4) is 11.5 Å². The van der Waals surface area contributed by atoms with E-state index in [4.69, 9.17) is 18.9 Å². The van der Waals surface area contributed by atoms with Crippen LogP contribution in [0.2, 0.25) is 0 Å². The Kier molecular flexibility index (Phi) is 9.26. The summed E-state index contributed by atoms with van der Waals surface area (Å²) in [5, 5.41) is 6.39. The average molecular weight is 442 g/mol. The van der Waals surface area contributed by atoms with Crippen molar-refractivity contribution >= 4 is 34.9 Å². The molecule has 2 rings (SSSR count). The molecule has 0 heterocycles. The molecule has 2 aromatic rings. The van der Waals surface area contributed by atoms with Crippen molar-refractivity contribution in [1.82, 2.24) is 10.6 Å². The van der Waals surface area contributed by atoms with E-state index in [0.29, 0.717) is 5.39 Å². The molecule has 0 bridgehead atoms. The first-order chi connectivity index (χ1) is 15.4. The lowest BCUT2D eigenvalue weighted by molar-refractivity contribution is -0.138. The van der Waals surface area contributed by atoms with Crippen LogP contribution in [0.4, 0.5) is 9.59 Å². The summed E-state index contributed by atoms with van der Waals surface area (Å²) in [6.45, 7) is 6.65. The molecule has 2 amide bonds.